The lowest BCUT2D eigenvalue weighted by Gasteiger charge is -2.38. The van der Waals surface area contributed by atoms with E-state index in [1.807, 2.05) is 0 Å². The van der Waals surface area contributed by atoms with E-state index in [1.54, 1.807) is 0 Å². The second-order valence-corrected chi connectivity index (χ2v) is 6.05. The minimum absolute atomic E-state index is 0.385. The fourth-order valence-corrected chi connectivity index (χ4v) is 3.07. The van der Waals surface area contributed by atoms with Gasteiger partial charge in [-0.05, 0) is 18.3 Å². The van der Waals surface area contributed by atoms with Gasteiger partial charge in [0.05, 0.1) is 0 Å². The van der Waals surface area contributed by atoms with Crippen LogP contribution in [0.5, 0.6) is 0 Å². The SMILES string of the molecule is CCc1nsc(NC2CCCCC2(C)C)n1. The summed E-state index contributed by atoms with van der Waals surface area (Å²) in [5.74, 6) is 0.959. The molecule has 1 aromatic heterocycles. The van der Waals surface area contributed by atoms with E-state index in [9.17, 15) is 0 Å². The molecule has 1 atom stereocenters. The molecule has 90 valence electrons. The standard InChI is InChI=1S/C12H21N3S/c1-4-10-14-11(16-15-10)13-9-7-5-6-8-12(9,2)3/h9H,4-8H2,1-3H3,(H,13,14,15). The lowest BCUT2D eigenvalue weighted by Crippen LogP contribution is -2.38. The number of aryl methyl sites for hydroxylation is 1. The molecule has 1 aliphatic rings. The first-order valence-corrected chi connectivity index (χ1v) is 6.98. The van der Waals surface area contributed by atoms with E-state index in [2.05, 4.69) is 35.4 Å². The van der Waals surface area contributed by atoms with Crippen LogP contribution in [0.2, 0.25) is 0 Å². The molecule has 3 nitrogen and oxygen atoms in total. The van der Waals surface area contributed by atoms with Gasteiger partial charge in [0.25, 0.3) is 0 Å². The third-order valence-corrected chi connectivity index (χ3v) is 4.27. The van der Waals surface area contributed by atoms with Crippen molar-refractivity contribution in [2.45, 2.75) is 58.9 Å². The van der Waals surface area contributed by atoms with E-state index in [4.69, 9.17) is 0 Å². The van der Waals surface area contributed by atoms with E-state index < -0.39 is 0 Å². The molecular weight excluding hydrogens is 218 g/mol. The monoisotopic (exact) mass is 239 g/mol. The van der Waals surface area contributed by atoms with Gasteiger partial charge >= 0.3 is 0 Å². The van der Waals surface area contributed by atoms with Gasteiger partial charge in [0, 0.05) is 24.0 Å². The number of anilines is 1. The third kappa shape index (κ3) is 2.54. The topological polar surface area (TPSA) is 37.8 Å². The molecule has 2 rings (SSSR count). The van der Waals surface area contributed by atoms with Crippen molar-refractivity contribution < 1.29 is 0 Å². The lowest BCUT2D eigenvalue weighted by molar-refractivity contribution is 0.217. The van der Waals surface area contributed by atoms with Gasteiger partial charge in [0.1, 0.15) is 5.82 Å². The number of hydrogen-bond acceptors (Lipinski definition) is 4. The largest absolute Gasteiger partial charge is 0.357 e. The molecule has 16 heavy (non-hydrogen) atoms. The van der Waals surface area contributed by atoms with Crippen LogP contribution in [0.25, 0.3) is 0 Å². The quantitative estimate of drug-likeness (QED) is 0.877. The molecule has 0 spiro atoms. The highest BCUT2D eigenvalue weighted by molar-refractivity contribution is 7.09. The Morgan fingerprint density at radius 2 is 2.25 bits per heavy atom. The van der Waals surface area contributed by atoms with Crippen molar-refractivity contribution in [1.29, 1.82) is 0 Å². The number of rotatable bonds is 3. The van der Waals surface area contributed by atoms with Crippen molar-refractivity contribution in [2.75, 3.05) is 5.32 Å². The first-order chi connectivity index (χ1) is 7.62. The van der Waals surface area contributed by atoms with E-state index in [-0.39, 0.29) is 0 Å². The van der Waals surface area contributed by atoms with Gasteiger partial charge in [-0.1, -0.05) is 33.6 Å². The zero-order valence-electron chi connectivity index (χ0n) is 10.4. The molecule has 0 amide bonds. The predicted molar refractivity (Wildman–Crippen MR) is 68.9 cm³/mol. The molecule has 1 fully saturated rings. The number of nitrogens with one attached hydrogen (secondary N) is 1. The van der Waals surface area contributed by atoms with Crippen LogP contribution in [-0.4, -0.2) is 15.4 Å². The lowest BCUT2D eigenvalue weighted by atomic mass is 9.73. The van der Waals surface area contributed by atoms with Crippen LogP contribution in [0.15, 0.2) is 0 Å². The molecule has 4 heteroatoms. The average molecular weight is 239 g/mol. The van der Waals surface area contributed by atoms with Crippen LogP contribution < -0.4 is 5.32 Å². The minimum atomic E-state index is 0.385. The number of hydrogen-bond donors (Lipinski definition) is 1. The summed E-state index contributed by atoms with van der Waals surface area (Å²) in [6.07, 6.45) is 6.19. The van der Waals surface area contributed by atoms with Crippen molar-refractivity contribution in [1.82, 2.24) is 9.36 Å². The molecule has 1 saturated carbocycles. The summed E-state index contributed by atoms with van der Waals surface area (Å²) in [5.41, 5.74) is 0.385. The normalized spacial score (nSPS) is 24.3. The maximum atomic E-state index is 4.48. The maximum Gasteiger partial charge on any atom is 0.202 e. The summed E-state index contributed by atoms with van der Waals surface area (Å²) >= 11 is 1.50. The van der Waals surface area contributed by atoms with Crippen LogP contribution >= 0.6 is 11.5 Å². The zero-order chi connectivity index (χ0) is 11.6. The van der Waals surface area contributed by atoms with Crippen LogP contribution in [0, 0.1) is 5.41 Å². The summed E-state index contributed by atoms with van der Waals surface area (Å²) in [4.78, 5) is 4.48. The van der Waals surface area contributed by atoms with Gasteiger partial charge in [-0.15, -0.1) is 0 Å². The molecule has 0 saturated heterocycles. The van der Waals surface area contributed by atoms with Crippen molar-refractivity contribution >= 4 is 16.7 Å². The zero-order valence-corrected chi connectivity index (χ0v) is 11.2. The Bertz CT molecular complexity index is 346. The summed E-state index contributed by atoms with van der Waals surface area (Å²) in [6.45, 7) is 6.80. The van der Waals surface area contributed by atoms with Gasteiger partial charge in [0.2, 0.25) is 5.13 Å². The average Bonchev–Trinajstić information content (AvgIpc) is 2.69. The van der Waals surface area contributed by atoms with Gasteiger partial charge in [0.15, 0.2) is 0 Å². The highest BCUT2D eigenvalue weighted by atomic mass is 32.1. The summed E-state index contributed by atoms with van der Waals surface area (Å²) in [7, 11) is 0. The number of aromatic nitrogens is 2. The van der Waals surface area contributed by atoms with Gasteiger partial charge < -0.3 is 5.32 Å². The Hall–Kier alpha value is -0.640. The van der Waals surface area contributed by atoms with Crippen molar-refractivity contribution in [3.63, 3.8) is 0 Å². The summed E-state index contributed by atoms with van der Waals surface area (Å²) < 4.78 is 4.32. The molecule has 0 bridgehead atoms. The summed E-state index contributed by atoms with van der Waals surface area (Å²) in [5, 5.41) is 4.57. The molecule has 0 radical (unpaired) electrons. The number of nitrogens with zero attached hydrogens (tertiary/aromatic N) is 2. The molecule has 1 aliphatic carbocycles. The second kappa shape index (κ2) is 4.70. The fourth-order valence-electron chi connectivity index (χ4n) is 2.37. The summed E-state index contributed by atoms with van der Waals surface area (Å²) in [6, 6.07) is 0.555. The van der Waals surface area contributed by atoms with Crippen LogP contribution in [-0.2, 0) is 6.42 Å². The molecule has 1 unspecified atom stereocenters. The van der Waals surface area contributed by atoms with Gasteiger partial charge in [-0.25, -0.2) is 4.98 Å². The molecule has 1 aromatic rings. The van der Waals surface area contributed by atoms with E-state index in [0.29, 0.717) is 11.5 Å². The Morgan fingerprint density at radius 1 is 1.44 bits per heavy atom. The van der Waals surface area contributed by atoms with Crippen LogP contribution in [0.1, 0.15) is 52.3 Å². The highest BCUT2D eigenvalue weighted by Crippen LogP contribution is 2.37. The highest BCUT2D eigenvalue weighted by Gasteiger charge is 2.32. The third-order valence-electron chi connectivity index (χ3n) is 3.59. The molecule has 1 heterocycles. The molecular formula is C12H21N3S. The van der Waals surface area contributed by atoms with Crippen molar-refractivity contribution in [3.05, 3.63) is 5.82 Å². The van der Waals surface area contributed by atoms with Crippen molar-refractivity contribution in [2.24, 2.45) is 5.41 Å². The predicted octanol–water partition coefficient (Wildman–Crippen LogP) is 3.48. The molecule has 1 N–H and O–H groups in total. The van der Waals surface area contributed by atoms with Crippen molar-refractivity contribution in [3.8, 4) is 0 Å². The Labute approximate surface area is 102 Å². The second-order valence-electron chi connectivity index (χ2n) is 5.30. The van der Waals surface area contributed by atoms with E-state index in [1.165, 1.54) is 37.2 Å². The van der Waals surface area contributed by atoms with E-state index in [0.717, 1.165) is 17.4 Å². The van der Waals surface area contributed by atoms with E-state index >= 15 is 0 Å². The van der Waals surface area contributed by atoms with Crippen LogP contribution in [0.4, 0.5) is 5.13 Å². The first-order valence-electron chi connectivity index (χ1n) is 6.21. The first kappa shape index (κ1) is 11.8. The smallest absolute Gasteiger partial charge is 0.202 e. The minimum Gasteiger partial charge on any atom is -0.357 e. The molecule has 0 aromatic carbocycles. The fraction of sp³-hybridized carbons (Fsp3) is 0.833. The Kier molecular flexibility index (Phi) is 3.47. The molecule has 0 aliphatic heterocycles. The Morgan fingerprint density at radius 3 is 2.88 bits per heavy atom. The van der Waals surface area contributed by atoms with Gasteiger partial charge in [-0.2, -0.15) is 4.37 Å². The Balaban J connectivity index is 2.02. The van der Waals surface area contributed by atoms with Crippen LogP contribution in [0.3, 0.4) is 0 Å². The van der Waals surface area contributed by atoms with Gasteiger partial charge in [-0.3, -0.25) is 0 Å². The maximum absolute atomic E-state index is 4.48.